The van der Waals surface area contributed by atoms with Crippen LogP contribution in [-0.4, -0.2) is 33.2 Å². The normalized spacial score (nSPS) is 16.3. The van der Waals surface area contributed by atoms with E-state index in [1.807, 2.05) is 24.3 Å². The van der Waals surface area contributed by atoms with Crippen LogP contribution in [-0.2, 0) is 16.4 Å². The second kappa shape index (κ2) is 8.10. The van der Waals surface area contributed by atoms with Crippen molar-refractivity contribution in [2.45, 2.75) is 19.3 Å². The molecular formula is C19H21ClN2O3S. The van der Waals surface area contributed by atoms with Gasteiger partial charge in [0.25, 0.3) is 5.91 Å². The molecule has 0 saturated carbocycles. The fraction of sp³-hybridized carbons (Fsp3) is 0.316. The van der Waals surface area contributed by atoms with Gasteiger partial charge in [-0.15, -0.1) is 0 Å². The number of halogens is 1. The number of rotatable bonds is 5. The lowest BCUT2D eigenvalue weighted by molar-refractivity contribution is 0.0954. The predicted molar refractivity (Wildman–Crippen MR) is 104 cm³/mol. The average molecular weight is 393 g/mol. The summed E-state index contributed by atoms with van der Waals surface area (Å²) in [4.78, 5) is 12.2. The maximum Gasteiger partial charge on any atom is 0.251 e. The fourth-order valence-corrected chi connectivity index (χ4v) is 4.70. The Morgan fingerprint density at radius 2 is 1.73 bits per heavy atom. The second-order valence-electron chi connectivity index (χ2n) is 6.27. The van der Waals surface area contributed by atoms with Crippen LogP contribution in [0.4, 0.5) is 5.69 Å². The van der Waals surface area contributed by atoms with Crippen molar-refractivity contribution in [1.29, 1.82) is 0 Å². The summed E-state index contributed by atoms with van der Waals surface area (Å²) in [7, 11) is -3.23. The van der Waals surface area contributed by atoms with Crippen LogP contribution >= 0.6 is 11.6 Å². The minimum absolute atomic E-state index is 0.174. The molecule has 7 heteroatoms. The Balaban J connectivity index is 1.57. The van der Waals surface area contributed by atoms with Crippen LogP contribution in [0.5, 0.6) is 0 Å². The molecule has 3 rings (SSSR count). The van der Waals surface area contributed by atoms with Crippen molar-refractivity contribution in [3.05, 3.63) is 64.7 Å². The van der Waals surface area contributed by atoms with Crippen LogP contribution in [0.2, 0.25) is 5.02 Å². The molecular weight excluding hydrogens is 372 g/mol. The van der Waals surface area contributed by atoms with Gasteiger partial charge in [0.15, 0.2) is 0 Å². The van der Waals surface area contributed by atoms with Gasteiger partial charge < -0.3 is 5.32 Å². The Morgan fingerprint density at radius 3 is 2.38 bits per heavy atom. The molecule has 0 aromatic heterocycles. The first-order chi connectivity index (χ1) is 12.5. The summed E-state index contributed by atoms with van der Waals surface area (Å²) in [5.41, 5.74) is 2.22. The lowest BCUT2D eigenvalue weighted by Gasteiger charge is -2.28. The maximum absolute atomic E-state index is 12.2. The van der Waals surface area contributed by atoms with Crippen molar-refractivity contribution >= 4 is 33.2 Å². The van der Waals surface area contributed by atoms with E-state index < -0.39 is 10.0 Å². The average Bonchev–Trinajstić information content (AvgIpc) is 2.63. The number of nitrogens with zero attached hydrogens (tertiary/aromatic N) is 1. The fourth-order valence-electron chi connectivity index (χ4n) is 2.93. The van der Waals surface area contributed by atoms with Crippen molar-refractivity contribution in [3.63, 3.8) is 0 Å². The summed E-state index contributed by atoms with van der Waals surface area (Å²) in [6.45, 7) is 1.01. The van der Waals surface area contributed by atoms with Crippen LogP contribution in [0.3, 0.4) is 0 Å². The highest BCUT2D eigenvalue weighted by Gasteiger charge is 2.25. The predicted octanol–water partition coefficient (Wildman–Crippen LogP) is 3.24. The third-order valence-corrected chi connectivity index (χ3v) is 6.50. The molecule has 138 valence electrons. The number of sulfonamides is 1. The molecule has 0 aliphatic carbocycles. The Kier molecular flexibility index (Phi) is 5.84. The monoisotopic (exact) mass is 392 g/mol. The van der Waals surface area contributed by atoms with Crippen LogP contribution in [0.15, 0.2) is 48.5 Å². The zero-order valence-corrected chi connectivity index (χ0v) is 15.9. The van der Waals surface area contributed by atoms with E-state index in [-0.39, 0.29) is 11.7 Å². The quantitative estimate of drug-likeness (QED) is 0.849. The van der Waals surface area contributed by atoms with Crippen molar-refractivity contribution in [2.75, 3.05) is 23.1 Å². The molecule has 1 heterocycles. The maximum atomic E-state index is 12.2. The van der Waals surface area contributed by atoms with Gasteiger partial charge in [-0.05, 0) is 61.2 Å². The minimum Gasteiger partial charge on any atom is -0.352 e. The van der Waals surface area contributed by atoms with E-state index in [2.05, 4.69) is 5.32 Å². The van der Waals surface area contributed by atoms with E-state index in [4.69, 9.17) is 11.6 Å². The zero-order chi connectivity index (χ0) is 18.6. The molecule has 0 unspecified atom stereocenters. The third-order valence-electron chi connectivity index (χ3n) is 4.38. The van der Waals surface area contributed by atoms with Gasteiger partial charge in [0.2, 0.25) is 10.0 Å². The van der Waals surface area contributed by atoms with Crippen molar-refractivity contribution in [1.82, 2.24) is 5.32 Å². The van der Waals surface area contributed by atoms with Gasteiger partial charge in [-0.2, -0.15) is 0 Å². The van der Waals surface area contributed by atoms with Crippen molar-refractivity contribution in [3.8, 4) is 0 Å². The molecule has 0 spiro atoms. The molecule has 2 aromatic carbocycles. The molecule has 1 N–H and O–H groups in total. The Hall–Kier alpha value is -2.05. The third kappa shape index (κ3) is 4.56. The van der Waals surface area contributed by atoms with Crippen molar-refractivity contribution in [2.24, 2.45) is 0 Å². The smallest absolute Gasteiger partial charge is 0.251 e. The van der Waals surface area contributed by atoms with Crippen LogP contribution in [0.1, 0.15) is 28.8 Å². The minimum atomic E-state index is -3.23. The number of carbonyl (C=O) groups is 1. The first kappa shape index (κ1) is 18.7. The largest absolute Gasteiger partial charge is 0.352 e. The number of hydrogen-bond donors (Lipinski definition) is 1. The molecule has 1 saturated heterocycles. The number of amides is 1. The SMILES string of the molecule is O=C(NCCc1ccc(Cl)cc1)c1ccc(N2CCCCS2(=O)=O)cc1. The van der Waals surface area contributed by atoms with E-state index in [1.54, 1.807) is 24.3 Å². The van der Waals surface area contributed by atoms with Gasteiger partial charge in [-0.25, -0.2) is 8.42 Å². The molecule has 0 radical (unpaired) electrons. The number of anilines is 1. The van der Waals surface area contributed by atoms with Gasteiger partial charge in [-0.1, -0.05) is 23.7 Å². The summed E-state index contributed by atoms with van der Waals surface area (Å²) < 4.78 is 25.7. The van der Waals surface area contributed by atoms with Crippen LogP contribution in [0.25, 0.3) is 0 Å². The lowest BCUT2D eigenvalue weighted by atomic mass is 10.1. The van der Waals surface area contributed by atoms with E-state index >= 15 is 0 Å². The van der Waals surface area contributed by atoms with Crippen LogP contribution in [0, 0.1) is 0 Å². The zero-order valence-electron chi connectivity index (χ0n) is 14.3. The van der Waals surface area contributed by atoms with Gasteiger partial charge in [0.05, 0.1) is 11.4 Å². The van der Waals surface area contributed by atoms with Gasteiger partial charge in [0, 0.05) is 23.7 Å². The molecule has 26 heavy (non-hydrogen) atoms. The summed E-state index contributed by atoms with van der Waals surface area (Å²) in [6.07, 6.45) is 2.27. The highest BCUT2D eigenvalue weighted by molar-refractivity contribution is 7.92. The molecule has 0 bridgehead atoms. The first-order valence-corrected chi connectivity index (χ1v) is 10.6. The Bertz CT molecular complexity index is 865. The highest BCUT2D eigenvalue weighted by Crippen LogP contribution is 2.23. The molecule has 1 aliphatic rings. The Morgan fingerprint density at radius 1 is 1.04 bits per heavy atom. The first-order valence-electron chi connectivity index (χ1n) is 8.59. The van der Waals surface area contributed by atoms with Crippen molar-refractivity contribution < 1.29 is 13.2 Å². The van der Waals surface area contributed by atoms with Gasteiger partial charge in [0.1, 0.15) is 0 Å². The number of carbonyl (C=O) groups excluding carboxylic acids is 1. The standard InChI is InChI=1S/C19H21ClN2O3S/c20-17-7-3-15(4-8-17)11-12-21-19(23)16-5-9-18(10-6-16)22-13-1-2-14-26(22,24)25/h3-10H,1-2,11-14H2,(H,21,23). The Labute approximate surface area is 159 Å². The molecule has 1 fully saturated rings. The summed E-state index contributed by atoms with van der Waals surface area (Å²) >= 11 is 5.85. The molecule has 0 atom stereocenters. The second-order valence-corrected chi connectivity index (χ2v) is 8.72. The number of nitrogens with one attached hydrogen (secondary N) is 1. The van der Waals surface area contributed by atoms with E-state index in [0.29, 0.717) is 42.2 Å². The van der Waals surface area contributed by atoms with E-state index in [9.17, 15) is 13.2 Å². The summed E-state index contributed by atoms with van der Waals surface area (Å²) in [5.74, 6) is 0.00643. The van der Waals surface area contributed by atoms with Crippen LogP contribution < -0.4 is 9.62 Å². The molecule has 1 aliphatic heterocycles. The van der Waals surface area contributed by atoms with E-state index in [1.165, 1.54) is 4.31 Å². The molecule has 5 nitrogen and oxygen atoms in total. The summed E-state index contributed by atoms with van der Waals surface area (Å²) in [6, 6.07) is 14.2. The highest BCUT2D eigenvalue weighted by atomic mass is 35.5. The lowest BCUT2D eigenvalue weighted by Crippen LogP contribution is -2.37. The molecule has 2 aromatic rings. The van der Waals surface area contributed by atoms with Gasteiger partial charge in [-0.3, -0.25) is 9.10 Å². The topological polar surface area (TPSA) is 66.5 Å². The number of hydrogen-bond acceptors (Lipinski definition) is 3. The molecule has 1 amide bonds. The van der Waals surface area contributed by atoms with Gasteiger partial charge >= 0.3 is 0 Å². The van der Waals surface area contributed by atoms with E-state index in [0.717, 1.165) is 12.0 Å². The number of benzene rings is 2. The summed E-state index contributed by atoms with van der Waals surface area (Å²) in [5, 5.41) is 3.56.